The lowest BCUT2D eigenvalue weighted by Gasteiger charge is -2.24. The molecular formula is C26H47NO2. The first kappa shape index (κ1) is 25.8. The standard InChI is InChI=1S/C26H47NO2/c1-6-8-9-10-11-12-13-14-15-16-17-18-25(27-7-2)29-22-19-20-24(28)23(21-22)26(3,4)5/h19-21,25,27-28H,6-18H2,1-5H3. The summed E-state index contributed by atoms with van der Waals surface area (Å²) in [5, 5.41) is 13.6. The van der Waals surface area contributed by atoms with Gasteiger partial charge in [0, 0.05) is 5.56 Å². The molecule has 1 aromatic carbocycles. The summed E-state index contributed by atoms with van der Waals surface area (Å²) >= 11 is 0. The zero-order chi connectivity index (χ0) is 21.5. The molecule has 1 aromatic rings. The lowest BCUT2D eigenvalue weighted by Crippen LogP contribution is -2.34. The molecule has 0 aromatic heterocycles. The Labute approximate surface area is 180 Å². The summed E-state index contributed by atoms with van der Waals surface area (Å²) < 4.78 is 6.22. The number of ether oxygens (including phenoxy) is 1. The molecule has 0 heterocycles. The molecule has 0 saturated heterocycles. The van der Waals surface area contributed by atoms with Crippen molar-refractivity contribution in [3.8, 4) is 11.5 Å². The van der Waals surface area contributed by atoms with Gasteiger partial charge < -0.3 is 9.84 Å². The normalized spacial score (nSPS) is 12.9. The third-order valence-corrected chi connectivity index (χ3v) is 5.56. The number of nitrogens with one attached hydrogen (secondary N) is 1. The van der Waals surface area contributed by atoms with Crippen molar-refractivity contribution in [1.29, 1.82) is 0 Å². The topological polar surface area (TPSA) is 41.5 Å². The van der Waals surface area contributed by atoms with E-state index in [0.29, 0.717) is 5.75 Å². The van der Waals surface area contributed by atoms with E-state index in [9.17, 15) is 5.11 Å². The van der Waals surface area contributed by atoms with Crippen molar-refractivity contribution in [2.75, 3.05) is 6.54 Å². The molecule has 29 heavy (non-hydrogen) atoms. The number of unbranched alkanes of at least 4 members (excludes halogenated alkanes) is 10. The van der Waals surface area contributed by atoms with E-state index in [2.05, 4.69) is 39.9 Å². The van der Waals surface area contributed by atoms with Gasteiger partial charge in [-0.25, -0.2) is 0 Å². The third-order valence-electron chi connectivity index (χ3n) is 5.56. The van der Waals surface area contributed by atoms with Crippen LogP contribution in [-0.4, -0.2) is 17.9 Å². The molecule has 0 spiro atoms. The maximum absolute atomic E-state index is 10.2. The van der Waals surface area contributed by atoms with E-state index in [4.69, 9.17) is 4.74 Å². The molecule has 3 nitrogen and oxygen atoms in total. The molecule has 1 rings (SSSR count). The Balaban J connectivity index is 2.29. The average Bonchev–Trinajstić information content (AvgIpc) is 2.66. The Hall–Kier alpha value is -1.22. The van der Waals surface area contributed by atoms with Crippen LogP contribution in [0.5, 0.6) is 11.5 Å². The minimum atomic E-state index is -0.104. The van der Waals surface area contributed by atoms with Gasteiger partial charge >= 0.3 is 0 Å². The maximum Gasteiger partial charge on any atom is 0.150 e. The van der Waals surface area contributed by atoms with E-state index in [1.807, 2.05) is 12.1 Å². The fourth-order valence-corrected chi connectivity index (χ4v) is 3.78. The first-order chi connectivity index (χ1) is 13.9. The Morgan fingerprint density at radius 3 is 1.93 bits per heavy atom. The quantitative estimate of drug-likeness (QED) is 0.219. The second kappa shape index (κ2) is 14.7. The second-order valence-electron chi connectivity index (χ2n) is 9.42. The van der Waals surface area contributed by atoms with Crippen LogP contribution in [0.1, 0.15) is 117 Å². The number of rotatable bonds is 16. The molecule has 0 radical (unpaired) electrons. The summed E-state index contributed by atoms with van der Waals surface area (Å²) in [7, 11) is 0. The Morgan fingerprint density at radius 1 is 0.862 bits per heavy atom. The van der Waals surface area contributed by atoms with E-state index < -0.39 is 0 Å². The molecule has 0 aliphatic heterocycles. The minimum Gasteiger partial charge on any atom is -0.508 e. The fraction of sp³-hybridized carbons (Fsp3) is 0.769. The maximum atomic E-state index is 10.2. The highest BCUT2D eigenvalue weighted by Crippen LogP contribution is 2.33. The van der Waals surface area contributed by atoms with E-state index in [0.717, 1.165) is 24.3 Å². The number of aromatic hydroxyl groups is 1. The van der Waals surface area contributed by atoms with Gasteiger partial charge in [0.05, 0.1) is 0 Å². The van der Waals surface area contributed by atoms with Gasteiger partial charge in [-0.15, -0.1) is 0 Å². The van der Waals surface area contributed by atoms with Crippen LogP contribution in [0, 0.1) is 0 Å². The summed E-state index contributed by atoms with van der Waals surface area (Å²) in [4.78, 5) is 0. The summed E-state index contributed by atoms with van der Waals surface area (Å²) in [6.45, 7) is 11.6. The molecule has 1 atom stereocenters. The molecule has 1 unspecified atom stereocenters. The number of hydrogen-bond donors (Lipinski definition) is 2. The van der Waals surface area contributed by atoms with Crippen LogP contribution >= 0.6 is 0 Å². The lowest BCUT2D eigenvalue weighted by atomic mass is 9.86. The summed E-state index contributed by atoms with van der Waals surface area (Å²) in [6, 6.07) is 5.61. The van der Waals surface area contributed by atoms with Crippen LogP contribution in [0.4, 0.5) is 0 Å². The van der Waals surface area contributed by atoms with E-state index in [1.54, 1.807) is 6.07 Å². The van der Waals surface area contributed by atoms with Gasteiger partial charge in [0.2, 0.25) is 0 Å². The minimum absolute atomic E-state index is 0.0379. The van der Waals surface area contributed by atoms with Gasteiger partial charge in [-0.2, -0.15) is 0 Å². The van der Waals surface area contributed by atoms with E-state index in [1.165, 1.54) is 70.6 Å². The summed E-state index contributed by atoms with van der Waals surface area (Å²) in [5.41, 5.74) is 0.826. The van der Waals surface area contributed by atoms with Crippen molar-refractivity contribution in [2.45, 2.75) is 123 Å². The fourth-order valence-electron chi connectivity index (χ4n) is 3.78. The molecule has 168 valence electrons. The van der Waals surface area contributed by atoms with Crippen molar-refractivity contribution in [1.82, 2.24) is 5.32 Å². The van der Waals surface area contributed by atoms with Crippen LogP contribution in [-0.2, 0) is 5.41 Å². The zero-order valence-corrected chi connectivity index (χ0v) is 19.9. The van der Waals surface area contributed by atoms with Crippen LogP contribution in [0.3, 0.4) is 0 Å². The Bertz CT molecular complexity index is 536. The Morgan fingerprint density at radius 2 is 1.41 bits per heavy atom. The van der Waals surface area contributed by atoms with Gasteiger partial charge in [-0.1, -0.05) is 98.8 Å². The van der Waals surface area contributed by atoms with Gasteiger partial charge in [0.25, 0.3) is 0 Å². The highest BCUT2D eigenvalue weighted by atomic mass is 16.5. The van der Waals surface area contributed by atoms with Gasteiger partial charge in [-0.3, -0.25) is 5.32 Å². The lowest BCUT2D eigenvalue weighted by molar-refractivity contribution is 0.152. The summed E-state index contributed by atoms with van der Waals surface area (Å²) in [6.07, 6.45) is 16.0. The molecule has 3 heteroatoms. The van der Waals surface area contributed by atoms with Crippen molar-refractivity contribution >= 4 is 0 Å². The monoisotopic (exact) mass is 405 g/mol. The average molecular weight is 406 g/mol. The van der Waals surface area contributed by atoms with Crippen molar-refractivity contribution in [2.24, 2.45) is 0 Å². The molecular weight excluding hydrogens is 358 g/mol. The highest BCUT2D eigenvalue weighted by molar-refractivity contribution is 5.43. The number of benzene rings is 1. The molecule has 0 aliphatic rings. The third kappa shape index (κ3) is 11.5. The van der Waals surface area contributed by atoms with Crippen LogP contribution < -0.4 is 10.1 Å². The van der Waals surface area contributed by atoms with Crippen LogP contribution in [0.15, 0.2) is 18.2 Å². The second-order valence-corrected chi connectivity index (χ2v) is 9.42. The molecule has 2 N–H and O–H groups in total. The first-order valence-corrected chi connectivity index (χ1v) is 12.1. The van der Waals surface area contributed by atoms with Crippen molar-refractivity contribution in [3.05, 3.63) is 23.8 Å². The molecule has 0 fully saturated rings. The predicted octanol–water partition coefficient (Wildman–Crippen LogP) is 7.71. The SMILES string of the molecule is CCCCCCCCCCCCCC(NCC)Oc1ccc(O)c(C(C)(C)C)c1. The van der Waals surface area contributed by atoms with Gasteiger partial charge in [-0.05, 0) is 43.0 Å². The largest absolute Gasteiger partial charge is 0.508 e. The molecule has 0 bridgehead atoms. The van der Waals surface area contributed by atoms with Crippen molar-refractivity contribution < 1.29 is 9.84 Å². The number of phenols is 1. The number of hydrogen-bond acceptors (Lipinski definition) is 3. The Kier molecular flexibility index (Phi) is 13.1. The highest BCUT2D eigenvalue weighted by Gasteiger charge is 2.19. The van der Waals surface area contributed by atoms with Gasteiger partial charge in [0.15, 0.2) is 0 Å². The van der Waals surface area contributed by atoms with Crippen LogP contribution in [0.25, 0.3) is 0 Å². The molecule has 0 saturated carbocycles. The van der Waals surface area contributed by atoms with Crippen LogP contribution in [0.2, 0.25) is 0 Å². The predicted molar refractivity (Wildman–Crippen MR) is 126 cm³/mol. The van der Waals surface area contributed by atoms with E-state index >= 15 is 0 Å². The molecule has 0 aliphatic carbocycles. The zero-order valence-electron chi connectivity index (χ0n) is 19.9. The first-order valence-electron chi connectivity index (χ1n) is 12.1. The molecule has 0 amide bonds. The summed E-state index contributed by atoms with van der Waals surface area (Å²) in [5.74, 6) is 1.18. The number of phenolic OH excluding ortho intramolecular Hbond substituents is 1. The van der Waals surface area contributed by atoms with Gasteiger partial charge in [0.1, 0.15) is 17.7 Å². The van der Waals surface area contributed by atoms with E-state index in [-0.39, 0.29) is 11.6 Å². The van der Waals surface area contributed by atoms with Crippen molar-refractivity contribution in [3.63, 3.8) is 0 Å². The smallest absolute Gasteiger partial charge is 0.150 e.